The van der Waals surface area contributed by atoms with Crippen LogP contribution in [0.2, 0.25) is 0 Å². The van der Waals surface area contributed by atoms with Crippen LogP contribution in [0.3, 0.4) is 0 Å². The maximum atomic E-state index is 13.5. The van der Waals surface area contributed by atoms with Crippen molar-refractivity contribution in [1.29, 1.82) is 0 Å². The Balaban J connectivity index is 1.39. The Morgan fingerprint density at radius 1 is 0.352 bits per heavy atom. The molecule has 1 amide bonds. The maximum Gasteiger partial charge on any atom is 0.220 e. The summed E-state index contributed by atoms with van der Waals surface area (Å²) in [7, 11) is 0. The molecule has 3 aliphatic heterocycles. The minimum absolute atomic E-state index is 0.234. The van der Waals surface area contributed by atoms with Crippen LogP contribution in [0.5, 0.6) is 0 Å². The maximum absolute atomic E-state index is 13.5. The summed E-state index contributed by atoms with van der Waals surface area (Å²) in [6.45, 7) is 1.86. The van der Waals surface area contributed by atoms with E-state index >= 15 is 0 Å². The van der Waals surface area contributed by atoms with Gasteiger partial charge in [-0.3, -0.25) is 4.79 Å². The molecule has 0 aromatic rings. The fourth-order valence-electron chi connectivity index (χ4n) is 13.3. The molecule has 3 saturated heterocycles. The van der Waals surface area contributed by atoms with Crippen molar-refractivity contribution < 1.29 is 89.4 Å². The number of nitrogens with one attached hydrogen (secondary N) is 1. The molecular weight excluding hydrogens is 1170 g/mol. The number of aliphatic hydroxyl groups excluding tert-OH is 11. The van der Waals surface area contributed by atoms with Gasteiger partial charge in [-0.25, -0.2) is 0 Å². The highest BCUT2D eigenvalue weighted by Crippen LogP contribution is 2.33. The van der Waals surface area contributed by atoms with E-state index in [2.05, 4.69) is 19.2 Å². The van der Waals surface area contributed by atoms with Crippen LogP contribution < -0.4 is 5.32 Å². The standard InChI is InChI=1S/C72H139NO18/c1-3-5-7-9-11-13-15-17-19-21-23-25-26-27-28-29-30-31-33-35-37-39-41-43-45-47-49-56(77)55(73-60(78)50-48-46-44-42-40-38-36-34-32-24-22-20-18-16-14-12-10-8-6-4-2)54-86-70-66(84)63(81)68(58(52-75)88-70)91-72-67(85)64(82)69(59(53-76)89-72)90-71-65(83)62(80)61(79)57(51-74)87-71/h55-59,61-72,74-77,79-85H,3-54H2,1-2H3,(H,73,78). The highest BCUT2D eigenvalue weighted by molar-refractivity contribution is 5.76. The van der Waals surface area contributed by atoms with Gasteiger partial charge in [0.25, 0.3) is 0 Å². The summed E-state index contributed by atoms with van der Waals surface area (Å²) in [5.41, 5.74) is 0. The van der Waals surface area contributed by atoms with Crippen LogP contribution in [-0.2, 0) is 33.2 Å². The zero-order chi connectivity index (χ0) is 66.1. The van der Waals surface area contributed by atoms with E-state index in [0.29, 0.717) is 12.8 Å². The van der Waals surface area contributed by atoms with Crippen molar-refractivity contribution in [3.05, 3.63) is 0 Å². The van der Waals surface area contributed by atoms with Gasteiger partial charge >= 0.3 is 0 Å². The van der Waals surface area contributed by atoms with Crippen molar-refractivity contribution in [2.24, 2.45) is 0 Å². The molecule has 19 heteroatoms. The number of unbranched alkanes of at least 4 members (excludes halogenated alkanes) is 44. The van der Waals surface area contributed by atoms with E-state index in [1.54, 1.807) is 0 Å². The van der Waals surface area contributed by atoms with Gasteiger partial charge in [-0.05, 0) is 12.8 Å². The average Bonchev–Trinajstić information content (AvgIpc) is 0.887. The van der Waals surface area contributed by atoms with Crippen LogP contribution in [0.4, 0.5) is 0 Å². The lowest BCUT2D eigenvalue weighted by atomic mass is 9.96. The number of hydrogen-bond acceptors (Lipinski definition) is 18. The Hall–Kier alpha value is -1.21. The van der Waals surface area contributed by atoms with Crippen molar-refractivity contribution >= 4 is 5.91 Å². The summed E-state index contributed by atoms with van der Waals surface area (Å²) in [5.74, 6) is -0.234. The Labute approximate surface area is 551 Å². The first-order chi connectivity index (χ1) is 44.3. The predicted molar refractivity (Wildman–Crippen MR) is 356 cm³/mol. The molecule has 0 aliphatic carbocycles. The van der Waals surface area contributed by atoms with Crippen LogP contribution in [0.1, 0.15) is 322 Å². The van der Waals surface area contributed by atoms with Gasteiger partial charge in [0.05, 0.1) is 38.6 Å². The molecule has 0 saturated carbocycles. The van der Waals surface area contributed by atoms with E-state index < -0.39 is 124 Å². The van der Waals surface area contributed by atoms with Crippen molar-refractivity contribution in [3.63, 3.8) is 0 Å². The second kappa shape index (κ2) is 54.8. The van der Waals surface area contributed by atoms with Crippen LogP contribution in [-0.4, -0.2) is 193 Å². The van der Waals surface area contributed by atoms with E-state index in [1.807, 2.05) is 0 Å². The van der Waals surface area contributed by atoms with Gasteiger partial charge in [0.2, 0.25) is 5.91 Å². The SMILES string of the molecule is CCCCCCCCCCCCCCCCCCCCCCCCCCCCC(O)C(COC1OC(CO)C(OC2OC(CO)C(OC3OC(CO)C(O)C(O)C3O)C(O)C2O)C(O)C1O)NC(=O)CCCCCCCCCCCCCCCCCCCCCC. The lowest BCUT2D eigenvalue weighted by Gasteiger charge is -2.48. The van der Waals surface area contributed by atoms with Crippen LogP contribution in [0.15, 0.2) is 0 Å². The lowest BCUT2D eigenvalue weighted by molar-refractivity contribution is -0.379. The smallest absolute Gasteiger partial charge is 0.220 e. The fraction of sp³-hybridized carbons (Fsp3) is 0.986. The summed E-state index contributed by atoms with van der Waals surface area (Å²) in [4.78, 5) is 13.5. The van der Waals surface area contributed by atoms with Gasteiger partial charge in [-0.2, -0.15) is 0 Å². The predicted octanol–water partition coefficient (Wildman–Crippen LogP) is 11.1. The molecule has 17 unspecified atom stereocenters. The van der Waals surface area contributed by atoms with E-state index in [9.17, 15) is 61.0 Å². The second-order valence-corrected chi connectivity index (χ2v) is 27.5. The Bertz CT molecular complexity index is 1650. The number of amides is 1. The Kier molecular flexibility index (Phi) is 50.6. The molecule has 19 nitrogen and oxygen atoms in total. The fourth-order valence-corrected chi connectivity index (χ4v) is 13.3. The summed E-state index contributed by atoms with van der Waals surface area (Å²) >= 11 is 0. The minimum Gasteiger partial charge on any atom is -0.394 e. The molecular formula is C72H139NO18. The summed E-state index contributed by atoms with van der Waals surface area (Å²) in [6.07, 6.45) is 33.3. The number of hydrogen-bond donors (Lipinski definition) is 12. The quantitative estimate of drug-likeness (QED) is 0.0252. The number of rotatable bonds is 60. The number of carbonyl (C=O) groups is 1. The van der Waals surface area contributed by atoms with E-state index in [0.717, 1.165) is 44.9 Å². The molecule has 3 rings (SSSR count). The first-order valence-corrected chi connectivity index (χ1v) is 37.8. The van der Waals surface area contributed by atoms with E-state index in [4.69, 9.17) is 28.4 Å². The third-order valence-corrected chi connectivity index (χ3v) is 19.4. The second-order valence-electron chi connectivity index (χ2n) is 27.5. The highest BCUT2D eigenvalue weighted by atomic mass is 16.8. The molecule has 91 heavy (non-hydrogen) atoms. The third-order valence-electron chi connectivity index (χ3n) is 19.4. The molecule has 0 spiro atoms. The Morgan fingerprint density at radius 2 is 0.626 bits per heavy atom. The zero-order valence-corrected chi connectivity index (χ0v) is 57.4. The third kappa shape index (κ3) is 36.3. The first kappa shape index (κ1) is 84.0. The highest BCUT2D eigenvalue weighted by Gasteiger charge is 2.53. The molecule has 12 N–H and O–H groups in total. The monoisotopic (exact) mass is 1310 g/mol. The number of ether oxygens (including phenoxy) is 6. The van der Waals surface area contributed by atoms with Crippen molar-refractivity contribution in [1.82, 2.24) is 5.32 Å². The summed E-state index contributed by atoms with van der Waals surface area (Å²) < 4.78 is 34.5. The van der Waals surface area contributed by atoms with E-state index in [-0.39, 0.29) is 18.9 Å². The van der Waals surface area contributed by atoms with Gasteiger partial charge < -0.3 is 89.9 Å². The Morgan fingerprint density at radius 3 is 0.956 bits per heavy atom. The topological polar surface area (TPSA) is 307 Å². The van der Waals surface area contributed by atoms with Gasteiger partial charge in [0.15, 0.2) is 18.9 Å². The normalized spacial score (nSPS) is 27.8. The molecule has 0 aromatic carbocycles. The lowest BCUT2D eigenvalue weighted by Crippen LogP contribution is -2.66. The van der Waals surface area contributed by atoms with Crippen molar-refractivity contribution in [2.45, 2.75) is 426 Å². The first-order valence-electron chi connectivity index (χ1n) is 37.8. The molecule has 3 fully saturated rings. The molecule has 3 heterocycles. The van der Waals surface area contributed by atoms with Crippen LogP contribution in [0, 0.1) is 0 Å². The molecule has 3 aliphatic rings. The summed E-state index contributed by atoms with van der Waals surface area (Å²) in [6, 6.07) is -0.882. The van der Waals surface area contributed by atoms with Crippen LogP contribution >= 0.6 is 0 Å². The molecule has 17 atom stereocenters. The van der Waals surface area contributed by atoms with Crippen molar-refractivity contribution in [2.75, 3.05) is 26.4 Å². The van der Waals surface area contributed by atoms with Gasteiger partial charge in [-0.15, -0.1) is 0 Å². The number of carbonyl (C=O) groups excluding carboxylic acids is 1. The largest absolute Gasteiger partial charge is 0.394 e. The minimum atomic E-state index is -1.97. The zero-order valence-electron chi connectivity index (χ0n) is 57.4. The molecule has 0 bridgehead atoms. The molecule has 540 valence electrons. The number of aliphatic hydroxyl groups is 11. The van der Waals surface area contributed by atoms with Crippen molar-refractivity contribution in [3.8, 4) is 0 Å². The summed E-state index contributed by atoms with van der Waals surface area (Å²) in [5, 5.41) is 121. The molecule has 0 radical (unpaired) electrons. The molecule has 0 aromatic heterocycles. The van der Waals surface area contributed by atoms with E-state index in [1.165, 1.54) is 244 Å². The van der Waals surface area contributed by atoms with Gasteiger partial charge in [-0.1, -0.05) is 303 Å². The average molecular weight is 1310 g/mol. The van der Waals surface area contributed by atoms with Gasteiger partial charge in [0.1, 0.15) is 73.2 Å². The van der Waals surface area contributed by atoms with Gasteiger partial charge in [0, 0.05) is 6.42 Å². The van der Waals surface area contributed by atoms with Crippen LogP contribution in [0.25, 0.3) is 0 Å².